The summed E-state index contributed by atoms with van der Waals surface area (Å²) in [6, 6.07) is 17.7. The monoisotopic (exact) mass is 540 g/mol. The smallest absolute Gasteiger partial charge is 0.310 e. The molecular weight excluding hydrogens is 508 g/mol. The normalized spacial score (nSPS) is 16.6. The molecule has 10 heteroatoms. The Morgan fingerprint density at radius 3 is 2.50 bits per heavy atom. The number of anilines is 1. The minimum Gasteiger partial charge on any atom is -0.466 e. The molecule has 3 aromatic carbocycles. The number of esters is 1. The topological polar surface area (TPSA) is 120 Å². The van der Waals surface area contributed by atoms with E-state index in [-0.39, 0.29) is 23.9 Å². The minimum absolute atomic E-state index is 0.0474. The molecule has 1 aliphatic rings. The van der Waals surface area contributed by atoms with Crippen LogP contribution in [0.4, 0.5) is 5.69 Å². The van der Waals surface area contributed by atoms with Crippen molar-refractivity contribution < 1.29 is 32.2 Å². The van der Waals surface area contributed by atoms with Gasteiger partial charge in [-0.25, -0.2) is 8.42 Å². The van der Waals surface area contributed by atoms with E-state index in [1.807, 2.05) is 24.3 Å². The third-order valence-electron chi connectivity index (χ3n) is 6.11. The lowest BCUT2D eigenvalue weighted by Crippen LogP contribution is -2.47. The number of sulfonamides is 1. The predicted octanol–water partition coefficient (Wildman–Crippen LogP) is 3.77. The summed E-state index contributed by atoms with van der Waals surface area (Å²) in [5, 5.41) is 4.41. The van der Waals surface area contributed by atoms with Gasteiger partial charge in [0.1, 0.15) is 6.04 Å². The van der Waals surface area contributed by atoms with Crippen molar-refractivity contribution in [3.63, 3.8) is 0 Å². The Morgan fingerprint density at radius 1 is 1.03 bits per heavy atom. The Kier molecular flexibility index (Phi) is 9.46. The van der Waals surface area contributed by atoms with Crippen molar-refractivity contribution in [1.29, 1.82) is 0 Å². The molecule has 38 heavy (non-hydrogen) atoms. The van der Waals surface area contributed by atoms with E-state index < -0.39 is 28.3 Å². The molecule has 1 aliphatic heterocycles. The van der Waals surface area contributed by atoms with Crippen LogP contribution in [0.2, 0.25) is 0 Å². The summed E-state index contributed by atoms with van der Waals surface area (Å²) in [7, 11) is -4.05. The molecule has 0 saturated carbocycles. The van der Waals surface area contributed by atoms with Crippen LogP contribution in [0.5, 0.6) is 0 Å². The maximum atomic E-state index is 13.3. The Hall–Kier alpha value is -3.31. The Bertz CT molecular complexity index is 1350. The fourth-order valence-corrected chi connectivity index (χ4v) is 5.33. The van der Waals surface area contributed by atoms with Gasteiger partial charge in [0, 0.05) is 12.3 Å². The van der Waals surface area contributed by atoms with Gasteiger partial charge in [-0.15, -0.1) is 0 Å². The number of rotatable bonds is 11. The van der Waals surface area contributed by atoms with Gasteiger partial charge in [-0.2, -0.15) is 4.72 Å². The van der Waals surface area contributed by atoms with Gasteiger partial charge in [0.05, 0.1) is 24.5 Å². The molecule has 1 fully saturated rings. The van der Waals surface area contributed by atoms with Crippen LogP contribution < -0.4 is 10.0 Å². The van der Waals surface area contributed by atoms with Crippen LogP contribution in [0.15, 0.2) is 71.6 Å². The Labute approximate surface area is 222 Å². The first-order chi connectivity index (χ1) is 18.3. The van der Waals surface area contributed by atoms with E-state index in [0.717, 1.165) is 29.2 Å². The average molecular weight is 541 g/mol. The van der Waals surface area contributed by atoms with E-state index in [1.54, 1.807) is 43.3 Å². The molecule has 202 valence electrons. The number of hydrogen-bond acceptors (Lipinski definition) is 7. The Balaban J connectivity index is 1.48. The number of amides is 1. The van der Waals surface area contributed by atoms with Gasteiger partial charge in [-0.1, -0.05) is 42.5 Å². The third-order valence-corrected chi connectivity index (χ3v) is 7.58. The molecule has 2 atom stereocenters. The highest BCUT2D eigenvalue weighted by atomic mass is 32.2. The van der Waals surface area contributed by atoms with Gasteiger partial charge < -0.3 is 19.5 Å². The number of benzene rings is 3. The number of hydrogen-bond donors (Lipinski definition) is 2. The van der Waals surface area contributed by atoms with Crippen LogP contribution in [0.3, 0.4) is 0 Å². The standard InChI is InChI=1S/C28H32N2O7S/c1-2-35-26(31)17-20-10-13-23(14-11-20)29-28(32)25(19-37-27-9-5-6-16-36-27)30-38(33,34)24-15-12-21-7-3-4-8-22(21)18-24/h3-4,7-8,10-15,18,25,27,30H,2,5-6,9,16-17,19H2,1H3,(H,29,32). The summed E-state index contributed by atoms with van der Waals surface area (Å²) >= 11 is 0. The first-order valence-corrected chi connectivity index (χ1v) is 14.1. The van der Waals surface area contributed by atoms with Crippen LogP contribution in [0.1, 0.15) is 31.7 Å². The van der Waals surface area contributed by atoms with Crippen LogP contribution in [0.25, 0.3) is 10.8 Å². The maximum absolute atomic E-state index is 13.3. The zero-order chi connectivity index (χ0) is 27.0. The second-order valence-corrected chi connectivity index (χ2v) is 10.7. The van der Waals surface area contributed by atoms with E-state index in [9.17, 15) is 18.0 Å². The second-order valence-electron chi connectivity index (χ2n) is 8.98. The van der Waals surface area contributed by atoms with Crippen molar-refractivity contribution in [2.24, 2.45) is 0 Å². The van der Waals surface area contributed by atoms with E-state index in [4.69, 9.17) is 14.2 Å². The lowest BCUT2D eigenvalue weighted by Gasteiger charge is -2.25. The molecule has 2 N–H and O–H groups in total. The van der Waals surface area contributed by atoms with Gasteiger partial charge in [-0.05, 0) is 66.8 Å². The van der Waals surface area contributed by atoms with Crippen LogP contribution in [-0.4, -0.2) is 52.4 Å². The molecule has 1 saturated heterocycles. The fourth-order valence-electron chi connectivity index (χ4n) is 4.11. The summed E-state index contributed by atoms with van der Waals surface area (Å²) in [5.74, 6) is -0.919. The molecule has 0 aliphatic carbocycles. The predicted molar refractivity (Wildman–Crippen MR) is 143 cm³/mol. The van der Waals surface area contributed by atoms with Crippen molar-refractivity contribution in [1.82, 2.24) is 4.72 Å². The molecule has 9 nitrogen and oxygen atoms in total. The van der Waals surface area contributed by atoms with Crippen LogP contribution in [-0.2, 0) is 40.2 Å². The molecule has 1 amide bonds. The first-order valence-electron chi connectivity index (χ1n) is 12.6. The first kappa shape index (κ1) is 27.7. The van der Waals surface area contributed by atoms with E-state index in [2.05, 4.69) is 10.0 Å². The molecule has 0 aromatic heterocycles. The molecule has 4 rings (SSSR count). The number of nitrogens with one attached hydrogen (secondary N) is 2. The molecular formula is C28H32N2O7S. The molecule has 1 heterocycles. The maximum Gasteiger partial charge on any atom is 0.310 e. The zero-order valence-electron chi connectivity index (χ0n) is 21.2. The molecule has 2 unspecified atom stereocenters. The van der Waals surface area contributed by atoms with Gasteiger partial charge in [0.25, 0.3) is 0 Å². The highest BCUT2D eigenvalue weighted by Gasteiger charge is 2.28. The summed E-state index contributed by atoms with van der Waals surface area (Å²) < 4.78 is 45.4. The fraction of sp³-hybridized carbons (Fsp3) is 0.357. The highest BCUT2D eigenvalue weighted by molar-refractivity contribution is 7.89. The largest absolute Gasteiger partial charge is 0.466 e. The lowest BCUT2D eigenvalue weighted by atomic mass is 10.1. The van der Waals surface area contributed by atoms with Crippen molar-refractivity contribution in [2.75, 3.05) is 25.1 Å². The van der Waals surface area contributed by atoms with Gasteiger partial charge in [0.15, 0.2) is 6.29 Å². The van der Waals surface area contributed by atoms with Crippen molar-refractivity contribution >= 4 is 38.4 Å². The van der Waals surface area contributed by atoms with Crippen molar-refractivity contribution in [3.8, 4) is 0 Å². The van der Waals surface area contributed by atoms with Gasteiger partial charge in [-0.3, -0.25) is 9.59 Å². The van der Waals surface area contributed by atoms with E-state index in [1.165, 1.54) is 6.07 Å². The summed E-state index contributed by atoms with van der Waals surface area (Å²) in [6.07, 6.45) is 2.16. The SMILES string of the molecule is CCOC(=O)Cc1ccc(NC(=O)C(COC2CCCCO2)NS(=O)(=O)c2ccc3ccccc3c2)cc1. The quantitative estimate of drug-likeness (QED) is 0.355. The van der Waals surface area contributed by atoms with Crippen molar-refractivity contribution in [3.05, 3.63) is 72.3 Å². The van der Waals surface area contributed by atoms with Crippen molar-refractivity contribution in [2.45, 2.75) is 49.8 Å². The van der Waals surface area contributed by atoms with E-state index >= 15 is 0 Å². The summed E-state index contributed by atoms with van der Waals surface area (Å²) in [6.45, 7) is 2.40. The van der Waals surface area contributed by atoms with Gasteiger partial charge in [0.2, 0.25) is 15.9 Å². The number of carbonyl (C=O) groups excluding carboxylic acids is 2. The third kappa shape index (κ3) is 7.61. The average Bonchev–Trinajstić information content (AvgIpc) is 2.92. The van der Waals surface area contributed by atoms with E-state index in [0.29, 0.717) is 25.3 Å². The molecule has 0 bridgehead atoms. The molecule has 0 spiro atoms. The Morgan fingerprint density at radius 2 is 1.79 bits per heavy atom. The summed E-state index contributed by atoms with van der Waals surface area (Å²) in [5.41, 5.74) is 1.18. The second kappa shape index (κ2) is 13.0. The van der Waals surface area contributed by atoms with Crippen LogP contribution in [0, 0.1) is 0 Å². The number of fused-ring (bicyclic) bond motifs is 1. The summed E-state index contributed by atoms with van der Waals surface area (Å²) in [4.78, 5) is 25.0. The molecule has 0 radical (unpaired) electrons. The lowest BCUT2D eigenvalue weighted by molar-refractivity contribution is -0.166. The zero-order valence-corrected chi connectivity index (χ0v) is 22.0. The molecule has 3 aromatic rings. The minimum atomic E-state index is -4.05. The van der Waals surface area contributed by atoms with Gasteiger partial charge >= 0.3 is 5.97 Å². The van der Waals surface area contributed by atoms with Crippen LogP contribution >= 0.6 is 0 Å². The number of ether oxygens (including phenoxy) is 3. The number of carbonyl (C=O) groups is 2. The highest BCUT2D eigenvalue weighted by Crippen LogP contribution is 2.20.